The second-order valence-electron chi connectivity index (χ2n) is 5.69. The molecule has 1 aromatic rings. The Kier molecular flexibility index (Phi) is 5.84. The molecule has 1 aliphatic rings. The summed E-state index contributed by atoms with van der Waals surface area (Å²) in [5.41, 5.74) is 1.17. The molecule has 1 aliphatic heterocycles. The number of nitrogens with one attached hydrogen (secondary N) is 1. The third-order valence-electron chi connectivity index (χ3n) is 4.07. The lowest BCUT2D eigenvalue weighted by Crippen LogP contribution is -2.35. The lowest BCUT2D eigenvalue weighted by Gasteiger charge is -2.33. The fourth-order valence-electron chi connectivity index (χ4n) is 2.87. The molecular formula is C16H25N3O2. The van der Waals surface area contributed by atoms with E-state index in [0.29, 0.717) is 12.5 Å². The van der Waals surface area contributed by atoms with Gasteiger partial charge in [-0.1, -0.05) is 19.4 Å². The summed E-state index contributed by atoms with van der Waals surface area (Å²) >= 11 is 0. The summed E-state index contributed by atoms with van der Waals surface area (Å²) in [5.74, 6) is 1.70. The number of aromatic nitrogens is 1. The Balaban J connectivity index is 1.80. The summed E-state index contributed by atoms with van der Waals surface area (Å²) < 4.78 is 0. The molecule has 2 heterocycles. The predicted octanol–water partition coefficient (Wildman–Crippen LogP) is 2.91. The number of piperidine rings is 1. The van der Waals surface area contributed by atoms with Crippen molar-refractivity contribution in [1.29, 1.82) is 0 Å². The first-order valence-electron chi connectivity index (χ1n) is 7.86. The van der Waals surface area contributed by atoms with Gasteiger partial charge in [0.1, 0.15) is 5.82 Å². The Morgan fingerprint density at radius 2 is 2.19 bits per heavy atom. The van der Waals surface area contributed by atoms with E-state index in [1.807, 2.05) is 0 Å². The molecular weight excluding hydrogens is 266 g/mol. The lowest BCUT2D eigenvalue weighted by molar-refractivity contribution is 0.193. The van der Waals surface area contributed by atoms with Crippen molar-refractivity contribution < 1.29 is 9.90 Å². The van der Waals surface area contributed by atoms with Crippen molar-refractivity contribution in [1.82, 2.24) is 10.3 Å². The number of pyridine rings is 1. The van der Waals surface area contributed by atoms with Crippen LogP contribution >= 0.6 is 0 Å². The number of rotatable bonds is 6. The van der Waals surface area contributed by atoms with E-state index < -0.39 is 6.09 Å². The molecule has 0 saturated carbocycles. The quantitative estimate of drug-likeness (QED) is 0.846. The van der Waals surface area contributed by atoms with Crippen LogP contribution in [0.15, 0.2) is 18.2 Å². The highest BCUT2D eigenvalue weighted by Crippen LogP contribution is 2.24. The van der Waals surface area contributed by atoms with Crippen molar-refractivity contribution in [2.24, 2.45) is 5.92 Å². The molecule has 5 heteroatoms. The zero-order valence-corrected chi connectivity index (χ0v) is 12.7. The number of amides is 1. The summed E-state index contributed by atoms with van der Waals surface area (Å²) in [5, 5.41) is 11.0. The van der Waals surface area contributed by atoms with Crippen LogP contribution in [0.25, 0.3) is 0 Å². The van der Waals surface area contributed by atoms with Crippen molar-refractivity contribution in [3.63, 3.8) is 0 Å². The molecule has 1 saturated heterocycles. The van der Waals surface area contributed by atoms with Crippen LogP contribution in [-0.2, 0) is 6.42 Å². The van der Waals surface area contributed by atoms with Crippen molar-refractivity contribution in [2.45, 2.75) is 39.0 Å². The molecule has 0 spiro atoms. The molecule has 1 fully saturated rings. The molecule has 2 N–H and O–H groups in total. The Bertz CT molecular complexity index is 457. The van der Waals surface area contributed by atoms with Crippen LogP contribution < -0.4 is 10.2 Å². The van der Waals surface area contributed by atoms with E-state index in [1.165, 1.54) is 5.69 Å². The molecule has 0 aromatic carbocycles. The van der Waals surface area contributed by atoms with Crippen LogP contribution in [0.1, 0.15) is 38.3 Å². The molecule has 0 aliphatic carbocycles. The SMILES string of the molecule is CCCc1cccc(N2CCC(CCNC(=O)O)CC2)n1. The Labute approximate surface area is 126 Å². The van der Waals surface area contributed by atoms with Gasteiger partial charge in [0, 0.05) is 25.3 Å². The van der Waals surface area contributed by atoms with Gasteiger partial charge in [0.05, 0.1) is 0 Å². The third-order valence-corrected chi connectivity index (χ3v) is 4.07. The molecule has 1 amide bonds. The fourth-order valence-corrected chi connectivity index (χ4v) is 2.87. The van der Waals surface area contributed by atoms with Gasteiger partial charge in [0.15, 0.2) is 0 Å². The van der Waals surface area contributed by atoms with Crippen molar-refractivity contribution >= 4 is 11.9 Å². The average molecular weight is 291 g/mol. The molecule has 0 bridgehead atoms. The summed E-state index contributed by atoms with van der Waals surface area (Å²) in [6.45, 7) is 4.76. The van der Waals surface area contributed by atoms with Crippen LogP contribution in [-0.4, -0.2) is 35.8 Å². The maximum Gasteiger partial charge on any atom is 0.404 e. The second-order valence-corrected chi connectivity index (χ2v) is 5.69. The van der Waals surface area contributed by atoms with Crippen molar-refractivity contribution in [3.8, 4) is 0 Å². The number of hydrogen-bond acceptors (Lipinski definition) is 3. The Morgan fingerprint density at radius 1 is 1.43 bits per heavy atom. The summed E-state index contributed by atoms with van der Waals surface area (Å²) in [6, 6.07) is 6.28. The van der Waals surface area contributed by atoms with Crippen LogP contribution in [0.3, 0.4) is 0 Å². The van der Waals surface area contributed by atoms with Gasteiger partial charge in [0.25, 0.3) is 0 Å². The van der Waals surface area contributed by atoms with Crippen LogP contribution in [0.4, 0.5) is 10.6 Å². The largest absolute Gasteiger partial charge is 0.465 e. The van der Waals surface area contributed by atoms with Gasteiger partial charge in [-0.15, -0.1) is 0 Å². The van der Waals surface area contributed by atoms with Gasteiger partial charge in [-0.25, -0.2) is 9.78 Å². The van der Waals surface area contributed by atoms with Gasteiger partial charge in [-0.2, -0.15) is 0 Å². The number of carbonyl (C=O) groups is 1. The topological polar surface area (TPSA) is 65.5 Å². The predicted molar refractivity (Wildman–Crippen MR) is 83.8 cm³/mol. The van der Waals surface area contributed by atoms with E-state index in [1.54, 1.807) is 0 Å². The Morgan fingerprint density at radius 3 is 2.86 bits per heavy atom. The van der Waals surface area contributed by atoms with Gasteiger partial charge in [-0.05, 0) is 43.7 Å². The maximum absolute atomic E-state index is 10.4. The standard InChI is InChI=1S/C16H25N3O2/c1-2-4-14-5-3-6-15(18-14)19-11-8-13(9-12-19)7-10-17-16(20)21/h3,5-6,13,17H,2,4,7-12H2,1H3,(H,20,21). The van der Waals surface area contributed by atoms with E-state index in [9.17, 15) is 4.79 Å². The molecule has 21 heavy (non-hydrogen) atoms. The number of aryl methyl sites for hydroxylation is 1. The van der Waals surface area contributed by atoms with E-state index in [4.69, 9.17) is 10.1 Å². The maximum atomic E-state index is 10.4. The molecule has 0 atom stereocenters. The molecule has 116 valence electrons. The van der Waals surface area contributed by atoms with Gasteiger partial charge >= 0.3 is 6.09 Å². The first-order valence-corrected chi connectivity index (χ1v) is 7.86. The normalized spacial score (nSPS) is 16.0. The lowest BCUT2D eigenvalue weighted by atomic mass is 9.93. The van der Waals surface area contributed by atoms with Crippen LogP contribution in [0, 0.1) is 5.92 Å². The smallest absolute Gasteiger partial charge is 0.404 e. The minimum atomic E-state index is -0.927. The summed E-state index contributed by atoms with van der Waals surface area (Å²) in [7, 11) is 0. The second kappa shape index (κ2) is 7.86. The molecule has 2 rings (SSSR count). The molecule has 0 unspecified atom stereocenters. The van der Waals surface area contributed by atoms with Crippen molar-refractivity contribution in [3.05, 3.63) is 23.9 Å². The summed E-state index contributed by atoms with van der Waals surface area (Å²) in [6.07, 6.45) is 4.38. The van der Waals surface area contributed by atoms with Crippen LogP contribution in [0.2, 0.25) is 0 Å². The van der Waals surface area contributed by atoms with Gasteiger partial charge < -0.3 is 15.3 Å². The fraction of sp³-hybridized carbons (Fsp3) is 0.625. The minimum absolute atomic E-state index is 0.560. The Hall–Kier alpha value is -1.78. The zero-order chi connectivity index (χ0) is 15.1. The van der Waals surface area contributed by atoms with Gasteiger partial charge in [-0.3, -0.25) is 0 Å². The van der Waals surface area contributed by atoms with E-state index in [0.717, 1.165) is 51.0 Å². The highest BCUT2D eigenvalue weighted by Gasteiger charge is 2.20. The van der Waals surface area contributed by atoms with E-state index >= 15 is 0 Å². The number of anilines is 1. The highest BCUT2D eigenvalue weighted by atomic mass is 16.4. The number of nitrogens with zero attached hydrogens (tertiary/aromatic N) is 2. The van der Waals surface area contributed by atoms with Crippen molar-refractivity contribution in [2.75, 3.05) is 24.5 Å². The highest BCUT2D eigenvalue weighted by molar-refractivity contribution is 5.64. The monoisotopic (exact) mass is 291 g/mol. The van der Waals surface area contributed by atoms with Crippen LogP contribution in [0.5, 0.6) is 0 Å². The molecule has 0 radical (unpaired) electrons. The molecule has 1 aromatic heterocycles. The number of carboxylic acid groups (broad SMARTS) is 1. The first kappa shape index (κ1) is 15.6. The van der Waals surface area contributed by atoms with E-state index in [-0.39, 0.29) is 0 Å². The average Bonchev–Trinajstić information content (AvgIpc) is 2.48. The zero-order valence-electron chi connectivity index (χ0n) is 12.7. The minimum Gasteiger partial charge on any atom is -0.465 e. The molecule has 5 nitrogen and oxygen atoms in total. The summed E-state index contributed by atoms with van der Waals surface area (Å²) in [4.78, 5) is 17.5. The number of hydrogen-bond donors (Lipinski definition) is 2. The van der Waals surface area contributed by atoms with Gasteiger partial charge in [0.2, 0.25) is 0 Å². The third kappa shape index (κ3) is 4.92. The van der Waals surface area contributed by atoms with E-state index in [2.05, 4.69) is 35.3 Å². The first-order chi connectivity index (χ1) is 10.2.